The van der Waals surface area contributed by atoms with Gasteiger partial charge in [0.25, 0.3) is 0 Å². The van der Waals surface area contributed by atoms with Crippen LogP contribution in [0.15, 0.2) is 18.2 Å². The summed E-state index contributed by atoms with van der Waals surface area (Å²) in [4.78, 5) is 16.7. The predicted molar refractivity (Wildman–Crippen MR) is 97.1 cm³/mol. The molecule has 2 saturated heterocycles. The van der Waals surface area contributed by atoms with Crippen molar-refractivity contribution in [2.45, 2.75) is 25.4 Å². The molecule has 0 aliphatic carbocycles. The van der Waals surface area contributed by atoms with Crippen molar-refractivity contribution >= 4 is 34.9 Å². The third-order valence-corrected chi connectivity index (χ3v) is 5.27. The van der Waals surface area contributed by atoms with Crippen molar-refractivity contribution < 1.29 is 9.53 Å². The molecular formula is C17H23Cl2N3O2. The second-order valence-corrected chi connectivity index (χ2v) is 7.15. The van der Waals surface area contributed by atoms with Gasteiger partial charge in [0.2, 0.25) is 0 Å². The molecule has 3 rings (SSSR count). The maximum Gasteiger partial charge on any atom is 0.321 e. The van der Waals surface area contributed by atoms with Crippen molar-refractivity contribution in [2.75, 3.05) is 44.6 Å². The highest BCUT2D eigenvalue weighted by molar-refractivity contribution is 6.42. The van der Waals surface area contributed by atoms with Crippen LogP contribution in [0.4, 0.5) is 10.5 Å². The lowest BCUT2D eigenvalue weighted by Crippen LogP contribution is -2.39. The minimum Gasteiger partial charge on any atom is -0.377 e. The molecule has 0 unspecified atom stereocenters. The number of hydrogen-bond donors (Lipinski definition) is 1. The van der Waals surface area contributed by atoms with Gasteiger partial charge < -0.3 is 15.0 Å². The van der Waals surface area contributed by atoms with E-state index in [1.54, 1.807) is 18.2 Å². The number of carbonyl (C=O) groups is 1. The lowest BCUT2D eigenvalue weighted by atomic mass is 10.2. The fourth-order valence-electron chi connectivity index (χ4n) is 3.21. The second-order valence-electron chi connectivity index (χ2n) is 6.34. The van der Waals surface area contributed by atoms with Gasteiger partial charge in [0.15, 0.2) is 0 Å². The van der Waals surface area contributed by atoms with Crippen molar-refractivity contribution in [3.63, 3.8) is 0 Å². The van der Waals surface area contributed by atoms with Gasteiger partial charge in [0.05, 0.1) is 16.1 Å². The molecule has 0 aromatic heterocycles. The van der Waals surface area contributed by atoms with Crippen LogP contribution in [0, 0.1) is 0 Å². The number of anilines is 1. The van der Waals surface area contributed by atoms with E-state index in [4.69, 9.17) is 27.9 Å². The summed E-state index contributed by atoms with van der Waals surface area (Å²) in [7, 11) is 0. The fourth-order valence-corrected chi connectivity index (χ4v) is 3.51. The molecule has 1 atom stereocenters. The van der Waals surface area contributed by atoms with E-state index in [-0.39, 0.29) is 6.03 Å². The Morgan fingerprint density at radius 1 is 1.17 bits per heavy atom. The quantitative estimate of drug-likeness (QED) is 0.880. The minimum absolute atomic E-state index is 0.0904. The maximum atomic E-state index is 12.5. The molecular weight excluding hydrogens is 349 g/mol. The molecule has 2 aliphatic heterocycles. The topological polar surface area (TPSA) is 44.8 Å². The third kappa shape index (κ3) is 4.76. The lowest BCUT2D eigenvalue weighted by Gasteiger charge is -2.24. The van der Waals surface area contributed by atoms with Crippen LogP contribution >= 0.6 is 23.2 Å². The number of nitrogens with zero attached hydrogens (tertiary/aromatic N) is 2. The van der Waals surface area contributed by atoms with Crippen LogP contribution in [0.1, 0.15) is 19.3 Å². The van der Waals surface area contributed by atoms with Gasteiger partial charge in [-0.25, -0.2) is 4.79 Å². The first-order valence-electron chi connectivity index (χ1n) is 8.47. The number of benzene rings is 1. The van der Waals surface area contributed by atoms with Crippen LogP contribution in [0.25, 0.3) is 0 Å². The number of halogens is 2. The summed E-state index contributed by atoms with van der Waals surface area (Å²) >= 11 is 11.9. The number of amides is 2. The fraction of sp³-hybridized carbons (Fsp3) is 0.588. The molecule has 132 valence electrons. The van der Waals surface area contributed by atoms with Gasteiger partial charge in [-0.2, -0.15) is 0 Å². The smallest absolute Gasteiger partial charge is 0.321 e. The Balaban J connectivity index is 1.51. The number of rotatable bonds is 3. The Hall–Kier alpha value is -1.01. The molecule has 2 heterocycles. The molecule has 2 amide bonds. The van der Waals surface area contributed by atoms with E-state index in [1.807, 2.05) is 4.90 Å². The largest absolute Gasteiger partial charge is 0.377 e. The molecule has 7 heteroatoms. The van der Waals surface area contributed by atoms with Gasteiger partial charge >= 0.3 is 6.03 Å². The molecule has 0 bridgehead atoms. The molecule has 0 radical (unpaired) electrons. The Labute approximate surface area is 152 Å². The van der Waals surface area contributed by atoms with E-state index in [0.29, 0.717) is 21.8 Å². The van der Waals surface area contributed by atoms with Crippen molar-refractivity contribution in [1.82, 2.24) is 9.80 Å². The molecule has 24 heavy (non-hydrogen) atoms. The van der Waals surface area contributed by atoms with E-state index in [9.17, 15) is 4.79 Å². The molecule has 2 fully saturated rings. The van der Waals surface area contributed by atoms with Crippen LogP contribution in [0.5, 0.6) is 0 Å². The van der Waals surface area contributed by atoms with E-state index < -0.39 is 0 Å². The second kappa shape index (κ2) is 8.39. The molecule has 5 nitrogen and oxygen atoms in total. The maximum absolute atomic E-state index is 12.5. The van der Waals surface area contributed by atoms with Crippen molar-refractivity contribution in [3.8, 4) is 0 Å². The highest BCUT2D eigenvalue weighted by atomic mass is 35.5. The highest BCUT2D eigenvalue weighted by Crippen LogP contribution is 2.25. The Bertz CT molecular complexity index is 579. The molecule has 1 aromatic rings. The van der Waals surface area contributed by atoms with Crippen LogP contribution in [0.2, 0.25) is 10.0 Å². The first-order chi connectivity index (χ1) is 11.6. The first-order valence-corrected chi connectivity index (χ1v) is 9.22. The van der Waals surface area contributed by atoms with Crippen LogP contribution < -0.4 is 5.32 Å². The van der Waals surface area contributed by atoms with Crippen molar-refractivity contribution in [3.05, 3.63) is 28.2 Å². The van der Waals surface area contributed by atoms with E-state index in [0.717, 1.165) is 58.6 Å². The summed E-state index contributed by atoms with van der Waals surface area (Å²) in [5, 5.41) is 3.81. The van der Waals surface area contributed by atoms with E-state index in [2.05, 4.69) is 10.2 Å². The summed E-state index contributed by atoms with van der Waals surface area (Å²) in [5.41, 5.74) is 0.662. The van der Waals surface area contributed by atoms with Gasteiger partial charge in [0.1, 0.15) is 0 Å². The lowest BCUT2D eigenvalue weighted by molar-refractivity contribution is 0.0747. The van der Waals surface area contributed by atoms with Gasteiger partial charge in [-0.3, -0.25) is 4.90 Å². The number of ether oxygens (including phenoxy) is 1. The molecule has 1 aromatic carbocycles. The summed E-state index contributed by atoms with van der Waals surface area (Å²) < 4.78 is 5.71. The van der Waals surface area contributed by atoms with Crippen LogP contribution in [-0.4, -0.2) is 61.3 Å². The molecule has 0 spiro atoms. The summed E-state index contributed by atoms with van der Waals surface area (Å²) in [6.45, 7) is 5.24. The van der Waals surface area contributed by atoms with Crippen molar-refractivity contribution in [2.24, 2.45) is 0 Å². The zero-order valence-electron chi connectivity index (χ0n) is 13.6. The molecule has 0 saturated carbocycles. The average molecular weight is 372 g/mol. The number of urea groups is 1. The minimum atomic E-state index is -0.0904. The summed E-state index contributed by atoms with van der Waals surface area (Å²) in [6, 6.07) is 5.02. The average Bonchev–Trinajstić information content (AvgIpc) is 2.95. The number of hydrogen-bond acceptors (Lipinski definition) is 3. The zero-order chi connectivity index (χ0) is 16.9. The van der Waals surface area contributed by atoms with Crippen molar-refractivity contribution in [1.29, 1.82) is 0 Å². The number of nitrogens with one attached hydrogen (secondary N) is 1. The highest BCUT2D eigenvalue weighted by Gasteiger charge is 2.23. The normalized spacial score (nSPS) is 22.4. The Morgan fingerprint density at radius 2 is 2.04 bits per heavy atom. The van der Waals surface area contributed by atoms with Gasteiger partial charge in [-0.1, -0.05) is 23.2 Å². The number of carbonyl (C=O) groups excluding carboxylic acids is 1. The van der Waals surface area contributed by atoms with Gasteiger partial charge in [0, 0.05) is 38.5 Å². The van der Waals surface area contributed by atoms with E-state index in [1.165, 1.54) is 0 Å². The SMILES string of the molecule is O=C(Nc1ccc(Cl)c(Cl)c1)N1CCCN(C[C@H]2CCCO2)CC1. The summed E-state index contributed by atoms with van der Waals surface area (Å²) in [6.07, 6.45) is 3.65. The first kappa shape index (κ1) is 17.8. The molecule has 2 aliphatic rings. The standard InChI is InChI=1S/C17H23Cl2N3O2/c18-15-5-4-13(11-16(15)19)20-17(23)22-7-2-6-21(8-9-22)12-14-3-1-10-24-14/h4-5,11,14H,1-3,6-10,12H2,(H,20,23)/t14-/m1/s1. The Morgan fingerprint density at radius 3 is 2.79 bits per heavy atom. The molecule has 1 N–H and O–H groups in total. The van der Waals surface area contributed by atoms with Gasteiger partial charge in [-0.15, -0.1) is 0 Å². The predicted octanol–water partition coefficient (Wildman–Crippen LogP) is 3.71. The Kier molecular flexibility index (Phi) is 6.22. The monoisotopic (exact) mass is 371 g/mol. The third-order valence-electron chi connectivity index (χ3n) is 4.53. The van der Waals surface area contributed by atoms with E-state index >= 15 is 0 Å². The van der Waals surface area contributed by atoms with Gasteiger partial charge in [-0.05, 0) is 44.0 Å². The zero-order valence-corrected chi connectivity index (χ0v) is 15.2. The van der Waals surface area contributed by atoms with Crippen LogP contribution in [-0.2, 0) is 4.74 Å². The summed E-state index contributed by atoms with van der Waals surface area (Å²) in [5.74, 6) is 0. The van der Waals surface area contributed by atoms with Crippen LogP contribution in [0.3, 0.4) is 0 Å².